The number of allylic oxidation sites excluding steroid dienone is 6. The normalized spacial score (nSPS) is 13.1. The van der Waals surface area contributed by atoms with Gasteiger partial charge in [0.1, 0.15) is 12.4 Å². The molecule has 1 N–H and O–H groups in total. The average Bonchev–Trinajstić information content (AvgIpc) is 2.86. The molecule has 37 heavy (non-hydrogen) atoms. The lowest BCUT2D eigenvalue weighted by atomic mass is 9.86. The Kier molecular flexibility index (Phi) is 14.8. The molecule has 4 heteroatoms. The Morgan fingerprint density at radius 3 is 2.30 bits per heavy atom. The largest absolute Gasteiger partial charge is 0.493 e. The fourth-order valence-corrected chi connectivity index (χ4v) is 4.07. The Hall–Kier alpha value is -2.72. The molecule has 0 heterocycles. The van der Waals surface area contributed by atoms with Crippen molar-refractivity contribution in [2.75, 3.05) is 33.9 Å². The summed E-state index contributed by atoms with van der Waals surface area (Å²) in [4.78, 5) is 0. The smallest absolute Gasteiger partial charge is 0.161 e. The van der Waals surface area contributed by atoms with Gasteiger partial charge in [-0.1, -0.05) is 84.1 Å². The summed E-state index contributed by atoms with van der Waals surface area (Å²) in [5, 5.41) is 3.61. The van der Waals surface area contributed by atoms with E-state index in [-0.39, 0.29) is 5.41 Å². The molecule has 1 aromatic carbocycles. The molecule has 0 aliphatic heterocycles. The minimum Gasteiger partial charge on any atom is -0.493 e. The lowest BCUT2D eigenvalue weighted by Gasteiger charge is -2.19. The number of hydrogen-bond donors (Lipinski definition) is 1. The Bertz CT molecular complexity index is 959. The van der Waals surface area contributed by atoms with Gasteiger partial charge in [0.2, 0.25) is 0 Å². The molecular formula is C33H51NO3. The van der Waals surface area contributed by atoms with Crippen molar-refractivity contribution >= 4 is 0 Å². The summed E-state index contributed by atoms with van der Waals surface area (Å²) in [7, 11) is 3.38. The van der Waals surface area contributed by atoms with Crippen LogP contribution >= 0.6 is 0 Å². The van der Waals surface area contributed by atoms with E-state index in [1.807, 2.05) is 6.08 Å². The van der Waals surface area contributed by atoms with Crippen molar-refractivity contribution in [3.8, 4) is 11.5 Å². The maximum atomic E-state index is 5.72. The molecule has 0 unspecified atom stereocenters. The van der Waals surface area contributed by atoms with Crippen molar-refractivity contribution in [2.45, 2.75) is 73.6 Å². The average molecular weight is 510 g/mol. The zero-order valence-corrected chi connectivity index (χ0v) is 24.9. The van der Waals surface area contributed by atoms with Crippen LogP contribution in [0.5, 0.6) is 11.5 Å². The molecule has 0 aliphatic rings. The minimum absolute atomic E-state index is 0.115. The van der Waals surface area contributed by atoms with E-state index < -0.39 is 0 Å². The quantitative estimate of drug-likeness (QED) is 0.105. The first-order valence-corrected chi connectivity index (χ1v) is 13.5. The summed E-state index contributed by atoms with van der Waals surface area (Å²) in [6, 6.07) is 4.23. The van der Waals surface area contributed by atoms with Gasteiger partial charge in [0.25, 0.3) is 0 Å². The van der Waals surface area contributed by atoms with Crippen LogP contribution < -0.4 is 14.8 Å². The lowest BCUT2D eigenvalue weighted by Crippen LogP contribution is -2.20. The van der Waals surface area contributed by atoms with Crippen molar-refractivity contribution < 1.29 is 14.2 Å². The molecule has 1 rings (SSSR count). The van der Waals surface area contributed by atoms with E-state index in [9.17, 15) is 0 Å². The number of ether oxygens (including phenoxy) is 3. The zero-order chi connectivity index (χ0) is 27.8. The molecule has 206 valence electrons. The fraction of sp³-hybridized carbons (Fsp3) is 0.515. The molecule has 0 aliphatic carbocycles. The van der Waals surface area contributed by atoms with E-state index in [0.29, 0.717) is 18.3 Å². The Morgan fingerprint density at radius 1 is 1.05 bits per heavy atom. The van der Waals surface area contributed by atoms with Gasteiger partial charge < -0.3 is 19.5 Å². The van der Waals surface area contributed by atoms with E-state index in [1.54, 1.807) is 14.2 Å². The van der Waals surface area contributed by atoms with E-state index in [1.165, 1.54) is 22.3 Å². The van der Waals surface area contributed by atoms with Crippen LogP contribution in [0, 0.1) is 5.41 Å². The number of hydrogen-bond acceptors (Lipinski definition) is 4. The van der Waals surface area contributed by atoms with Crippen LogP contribution in [-0.4, -0.2) is 33.9 Å². The second-order valence-corrected chi connectivity index (χ2v) is 10.5. The minimum atomic E-state index is 0.115. The number of benzene rings is 1. The maximum Gasteiger partial charge on any atom is 0.161 e. The Morgan fingerprint density at radius 2 is 1.73 bits per heavy atom. The molecule has 0 saturated heterocycles. The third-order valence-electron chi connectivity index (χ3n) is 6.34. The highest BCUT2D eigenvalue weighted by Crippen LogP contribution is 2.34. The van der Waals surface area contributed by atoms with Crippen molar-refractivity contribution in [3.63, 3.8) is 0 Å². The third-order valence-corrected chi connectivity index (χ3v) is 6.34. The first-order chi connectivity index (χ1) is 17.6. The maximum absolute atomic E-state index is 5.72. The van der Waals surface area contributed by atoms with Gasteiger partial charge in [-0.3, -0.25) is 0 Å². The summed E-state index contributed by atoms with van der Waals surface area (Å²) in [6.45, 7) is 21.6. The van der Waals surface area contributed by atoms with E-state index in [0.717, 1.165) is 43.9 Å². The number of nitrogens with one attached hydrogen (secondary N) is 1. The first-order valence-electron chi connectivity index (χ1n) is 13.5. The highest BCUT2D eigenvalue weighted by Gasteiger charge is 2.14. The second-order valence-electron chi connectivity index (χ2n) is 10.5. The van der Waals surface area contributed by atoms with Gasteiger partial charge >= 0.3 is 0 Å². The van der Waals surface area contributed by atoms with Gasteiger partial charge in [-0.25, -0.2) is 0 Å². The van der Waals surface area contributed by atoms with Crippen molar-refractivity contribution in [1.82, 2.24) is 5.32 Å². The van der Waals surface area contributed by atoms with Crippen LogP contribution in [0.4, 0.5) is 0 Å². The van der Waals surface area contributed by atoms with Gasteiger partial charge in [-0.05, 0) is 79.0 Å². The molecule has 0 atom stereocenters. The SMILES string of the molecule is C=C(/C=C\C(=C/C)C(C)(C)C)OC/C=C\C/C=C(\CC)CNCCc1cc(OC)c(OC)cc1C(C)C. The zero-order valence-electron chi connectivity index (χ0n) is 24.9. The van der Waals surface area contributed by atoms with E-state index in [2.05, 4.69) is 103 Å². The van der Waals surface area contributed by atoms with Crippen LogP contribution in [0.2, 0.25) is 0 Å². The van der Waals surface area contributed by atoms with Gasteiger partial charge in [0, 0.05) is 6.54 Å². The molecule has 0 amide bonds. The molecule has 0 fully saturated rings. The van der Waals surface area contributed by atoms with E-state index in [4.69, 9.17) is 14.2 Å². The van der Waals surface area contributed by atoms with Crippen molar-refractivity contribution in [3.05, 3.63) is 83.2 Å². The second kappa shape index (κ2) is 16.9. The molecule has 0 saturated carbocycles. The molecule has 1 aromatic rings. The van der Waals surface area contributed by atoms with E-state index >= 15 is 0 Å². The first kappa shape index (κ1) is 32.3. The predicted molar refractivity (Wildman–Crippen MR) is 160 cm³/mol. The van der Waals surface area contributed by atoms with Crippen LogP contribution in [0.3, 0.4) is 0 Å². The van der Waals surface area contributed by atoms with Crippen LogP contribution in [0.15, 0.2) is 72.1 Å². The van der Waals surface area contributed by atoms with Crippen LogP contribution in [0.25, 0.3) is 0 Å². The topological polar surface area (TPSA) is 39.7 Å². The summed E-state index contributed by atoms with van der Waals surface area (Å²) in [6.07, 6.45) is 15.6. The van der Waals surface area contributed by atoms with Crippen LogP contribution in [0.1, 0.15) is 78.4 Å². The fourth-order valence-electron chi connectivity index (χ4n) is 4.07. The Labute approximate surface area is 227 Å². The molecule has 0 bridgehead atoms. The standard InChI is InChI=1S/C33H51NO3/c1-11-27(16-14-13-15-21-37-26(5)17-18-29(12-2)33(6,7)8)24-34-20-19-28-22-31(35-9)32(36-10)23-30(28)25(3)4/h12-13,15-18,22-23,25,34H,5,11,14,19-21,24H2,1-4,6-10H3/b15-13-,18-17-,27-16+,29-12+. The summed E-state index contributed by atoms with van der Waals surface area (Å²) >= 11 is 0. The number of methoxy groups -OCH3 is 2. The molecule has 4 nitrogen and oxygen atoms in total. The van der Waals surface area contributed by atoms with Gasteiger partial charge in [-0.15, -0.1) is 0 Å². The molecule has 0 radical (unpaired) electrons. The Balaban J connectivity index is 2.49. The molecule has 0 aromatic heterocycles. The van der Waals surface area contributed by atoms with Crippen LogP contribution in [-0.2, 0) is 11.2 Å². The monoisotopic (exact) mass is 509 g/mol. The molecular weight excluding hydrogens is 458 g/mol. The van der Waals surface area contributed by atoms with Gasteiger partial charge in [0.15, 0.2) is 11.5 Å². The number of rotatable bonds is 16. The highest BCUT2D eigenvalue weighted by atomic mass is 16.5. The summed E-state index contributed by atoms with van der Waals surface area (Å²) in [5.74, 6) is 2.69. The predicted octanol–water partition coefficient (Wildman–Crippen LogP) is 8.32. The summed E-state index contributed by atoms with van der Waals surface area (Å²) in [5.41, 5.74) is 5.41. The van der Waals surface area contributed by atoms with Gasteiger partial charge in [-0.2, -0.15) is 0 Å². The van der Waals surface area contributed by atoms with Crippen molar-refractivity contribution in [1.29, 1.82) is 0 Å². The summed E-state index contributed by atoms with van der Waals surface area (Å²) < 4.78 is 16.7. The lowest BCUT2D eigenvalue weighted by molar-refractivity contribution is 0.263. The third kappa shape index (κ3) is 11.9. The molecule has 0 spiro atoms. The highest BCUT2D eigenvalue weighted by molar-refractivity contribution is 5.48. The van der Waals surface area contributed by atoms with Gasteiger partial charge in [0.05, 0.1) is 14.2 Å². The van der Waals surface area contributed by atoms with Crippen molar-refractivity contribution in [2.24, 2.45) is 5.41 Å².